The number of aromatic nitrogens is 2. The highest BCUT2D eigenvalue weighted by Gasteiger charge is 2.15. The van der Waals surface area contributed by atoms with E-state index in [4.69, 9.17) is 17.3 Å². The molecule has 0 radical (unpaired) electrons. The topological polar surface area (TPSA) is 60.9 Å². The summed E-state index contributed by atoms with van der Waals surface area (Å²) in [6.07, 6.45) is 1.87. The Hall–Kier alpha value is -0.870. The Balaban J connectivity index is 2.96. The Kier molecular flexibility index (Phi) is 3.45. The van der Waals surface area contributed by atoms with Gasteiger partial charge >= 0.3 is 0 Å². The zero-order valence-electron chi connectivity index (χ0n) is 7.46. The minimum atomic E-state index is -0.0492. The van der Waals surface area contributed by atoms with Crippen molar-refractivity contribution in [1.29, 1.82) is 0 Å². The standard InChI is InChI=1S/C8H12ClN3O/c1-2-12-5-11-8(9)7(12)6(13)3-4-10/h5H,2-4,10H2,1H3. The molecule has 1 rings (SSSR count). The van der Waals surface area contributed by atoms with E-state index < -0.39 is 0 Å². The molecule has 0 spiro atoms. The number of carbonyl (C=O) groups excluding carboxylic acids is 1. The molecule has 0 aliphatic rings. The van der Waals surface area contributed by atoms with Crippen LogP contribution in [0.1, 0.15) is 23.8 Å². The van der Waals surface area contributed by atoms with E-state index in [1.165, 1.54) is 0 Å². The van der Waals surface area contributed by atoms with Gasteiger partial charge in [0.1, 0.15) is 5.69 Å². The summed E-state index contributed by atoms with van der Waals surface area (Å²) in [4.78, 5) is 15.3. The normalized spacial score (nSPS) is 10.4. The van der Waals surface area contributed by atoms with Crippen molar-refractivity contribution in [3.05, 3.63) is 17.2 Å². The number of hydrogen-bond donors (Lipinski definition) is 1. The molecule has 1 aromatic rings. The van der Waals surface area contributed by atoms with Gasteiger partial charge in [0, 0.05) is 13.0 Å². The molecule has 0 bridgehead atoms. The number of Topliss-reactive ketones (excluding diaryl/α,β-unsaturated/α-hetero) is 1. The van der Waals surface area contributed by atoms with Gasteiger partial charge in [-0.05, 0) is 13.5 Å². The number of hydrogen-bond acceptors (Lipinski definition) is 3. The average Bonchev–Trinajstić information content (AvgIpc) is 2.47. The number of halogens is 1. The highest BCUT2D eigenvalue weighted by Crippen LogP contribution is 2.15. The average molecular weight is 202 g/mol. The number of ketones is 1. The molecule has 4 nitrogen and oxygen atoms in total. The van der Waals surface area contributed by atoms with E-state index in [0.29, 0.717) is 25.2 Å². The fraction of sp³-hybridized carbons (Fsp3) is 0.500. The molecule has 5 heteroatoms. The molecule has 72 valence electrons. The molecule has 0 amide bonds. The molecule has 1 heterocycles. The number of imidazole rings is 1. The molecular weight excluding hydrogens is 190 g/mol. The summed E-state index contributed by atoms with van der Waals surface area (Å²) in [7, 11) is 0. The van der Waals surface area contributed by atoms with Gasteiger partial charge in [-0.1, -0.05) is 11.6 Å². The molecule has 0 aliphatic heterocycles. The molecule has 0 aliphatic carbocycles. The van der Waals surface area contributed by atoms with Gasteiger partial charge in [0.2, 0.25) is 0 Å². The Morgan fingerprint density at radius 3 is 3.00 bits per heavy atom. The molecule has 0 unspecified atom stereocenters. The monoisotopic (exact) mass is 201 g/mol. The van der Waals surface area contributed by atoms with E-state index in [2.05, 4.69) is 4.98 Å². The van der Waals surface area contributed by atoms with Gasteiger partial charge in [0.25, 0.3) is 0 Å². The van der Waals surface area contributed by atoms with E-state index in [-0.39, 0.29) is 10.9 Å². The lowest BCUT2D eigenvalue weighted by molar-refractivity contribution is 0.0977. The third-order valence-electron chi connectivity index (χ3n) is 1.77. The number of aryl methyl sites for hydroxylation is 1. The van der Waals surface area contributed by atoms with Crippen molar-refractivity contribution < 1.29 is 4.79 Å². The first-order chi connectivity index (χ1) is 6.20. The summed E-state index contributed by atoms with van der Waals surface area (Å²) < 4.78 is 1.72. The van der Waals surface area contributed by atoms with Crippen LogP contribution >= 0.6 is 11.6 Å². The van der Waals surface area contributed by atoms with Gasteiger partial charge in [0.15, 0.2) is 10.9 Å². The highest BCUT2D eigenvalue weighted by molar-refractivity contribution is 6.32. The largest absolute Gasteiger partial charge is 0.330 e. The molecule has 0 saturated heterocycles. The first-order valence-corrected chi connectivity index (χ1v) is 4.52. The fourth-order valence-electron chi connectivity index (χ4n) is 1.12. The minimum absolute atomic E-state index is 0.0492. The Morgan fingerprint density at radius 1 is 1.77 bits per heavy atom. The maximum Gasteiger partial charge on any atom is 0.183 e. The van der Waals surface area contributed by atoms with Crippen LogP contribution < -0.4 is 5.73 Å². The molecular formula is C8H12ClN3O. The van der Waals surface area contributed by atoms with Crippen LogP contribution in [0, 0.1) is 0 Å². The lowest BCUT2D eigenvalue weighted by atomic mass is 10.2. The highest BCUT2D eigenvalue weighted by atomic mass is 35.5. The smallest absolute Gasteiger partial charge is 0.183 e. The zero-order chi connectivity index (χ0) is 9.84. The molecule has 2 N–H and O–H groups in total. The third-order valence-corrected chi connectivity index (χ3v) is 2.05. The van der Waals surface area contributed by atoms with E-state index in [1.807, 2.05) is 6.92 Å². The summed E-state index contributed by atoms with van der Waals surface area (Å²) in [6, 6.07) is 0. The molecule has 0 aromatic carbocycles. The van der Waals surface area contributed by atoms with Crippen molar-refractivity contribution in [1.82, 2.24) is 9.55 Å². The van der Waals surface area contributed by atoms with Crippen LogP contribution in [0.3, 0.4) is 0 Å². The third kappa shape index (κ3) is 2.08. The number of rotatable bonds is 4. The SMILES string of the molecule is CCn1cnc(Cl)c1C(=O)CCN. The van der Waals surface area contributed by atoms with Crippen LogP contribution in [0.2, 0.25) is 5.15 Å². The van der Waals surface area contributed by atoms with Crippen LogP contribution in [0.15, 0.2) is 6.33 Å². The van der Waals surface area contributed by atoms with Gasteiger partial charge < -0.3 is 10.3 Å². The van der Waals surface area contributed by atoms with Gasteiger partial charge in [0.05, 0.1) is 6.33 Å². The van der Waals surface area contributed by atoms with Crippen molar-refractivity contribution in [2.75, 3.05) is 6.54 Å². The Morgan fingerprint density at radius 2 is 2.46 bits per heavy atom. The lowest BCUT2D eigenvalue weighted by Crippen LogP contribution is -2.12. The molecule has 0 saturated carbocycles. The van der Waals surface area contributed by atoms with Crippen molar-refractivity contribution in [3.63, 3.8) is 0 Å². The maximum atomic E-state index is 11.5. The van der Waals surface area contributed by atoms with E-state index in [1.54, 1.807) is 10.9 Å². The molecule has 1 aromatic heterocycles. The van der Waals surface area contributed by atoms with Gasteiger partial charge in [-0.2, -0.15) is 0 Å². The van der Waals surface area contributed by atoms with E-state index in [9.17, 15) is 4.79 Å². The number of carbonyl (C=O) groups is 1. The van der Waals surface area contributed by atoms with Crippen molar-refractivity contribution in [2.24, 2.45) is 5.73 Å². The minimum Gasteiger partial charge on any atom is -0.330 e. The first kappa shape index (κ1) is 10.2. The second kappa shape index (κ2) is 4.39. The first-order valence-electron chi connectivity index (χ1n) is 4.14. The summed E-state index contributed by atoms with van der Waals surface area (Å²) in [5.41, 5.74) is 5.75. The Labute approximate surface area is 81.7 Å². The summed E-state index contributed by atoms with van der Waals surface area (Å²) in [5, 5.41) is 0.264. The van der Waals surface area contributed by atoms with Crippen molar-refractivity contribution >= 4 is 17.4 Å². The van der Waals surface area contributed by atoms with Crippen LogP contribution in [0.5, 0.6) is 0 Å². The van der Waals surface area contributed by atoms with Crippen LogP contribution in [-0.2, 0) is 6.54 Å². The zero-order valence-corrected chi connectivity index (χ0v) is 8.21. The summed E-state index contributed by atoms with van der Waals surface area (Å²) in [6.45, 7) is 2.95. The van der Waals surface area contributed by atoms with Gasteiger partial charge in [-0.25, -0.2) is 4.98 Å². The lowest BCUT2D eigenvalue weighted by Gasteiger charge is -2.03. The Bertz CT molecular complexity index is 308. The van der Waals surface area contributed by atoms with Crippen LogP contribution in [0.25, 0.3) is 0 Å². The van der Waals surface area contributed by atoms with Crippen molar-refractivity contribution in [2.45, 2.75) is 19.9 Å². The van der Waals surface area contributed by atoms with Crippen molar-refractivity contribution in [3.8, 4) is 0 Å². The number of nitrogens with two attached hydrogens (primary N) is 1. The molecule has 13 heavy (non-hydrogen) atoms. The fourth-order valence-corrected chi connectivity index (χ4v) is 1.38. The second-order valence-corrected chi connectivity index (χ2v) is 2.99. The van der Waals surface area contributed by atoms with Crippen LogP contribution in [0.4, 0.5) is 0 Å². The second-order valence-electron chi connectivity index (χ2n) is 2.63. The predicted molar refractivity (Wildman–Crippen MR) is 50.9 cm³/mol. The van der Waals surface area contributed by atoms with Gasteiger partial charge in [-0.15, -0.1) is 0 Å². The van der Waals surface area contributed by atoms with E-state index in [0.717, 1.165) is 0 Å². The summed E-state index contributed by atoms with van der Waals surface area (Å²) in [5.74, 6) is -0.0492. The van der Waals surface area contributed by atoms with Crippen LogP contribution in [-0.4, -0.2) is 21.9 Å². The quantitative estimate of drug-likeness (QED) is 0.742. The van der Waals surface area contributed by atoms with E-state index >= 15 is 0 Å². The summed E-state index contributed by atoms with van der Waals surface area (Å²) >= 11 is 5.76. The molecule has 0 atom stereocenters. The number of nitrogens with zero attached hydrogens (tertiary/aromatic N) is 2. The van der Waals surface area contributed by atoms with Gasteiger partial charge in [-0.3, -0.25) is 4.79 Å². The molecule has 0 fully saturated rings. The predicted octanol–water partition coefficient (Wildman–Crippen LogP) is 1.09. The maximum absolute atomic E-state index is 11.5.